The number of fused-ring (bicyclic) bond motifs is 2. The molecule has 3 aromatic heterocycles. The summed E-state index contributed by atoms with van der Waals surface area (Å²) in [7, 11) is 0. The predicted octanol–water partition coefficient (Wildman–Crippen LogP) is 1.56. The number of ether oxygens (including phenoxy) is 1. The van der Waals surface area contributed by atoms with Crippen LogP contribution in [0.25, 0.3) is 21.9 Å². The molecule has 9 nitrogen and oxygen atoms in total. The second kappa shape index (κ2) is 7.31. The highest BCUT2D eigenvalue weighted by molar-refractivity contribution is 8.00. The molecule has 0 spiro atoms. The Morgan fingerprint density at radius 3 is 2.77 bits per heavy atom. The third kappa shape index (κ3) is 3.18. The van der Waals surface area contributed by atoms with Crippen LogP contribution in [0.15, 0.2) is 48.9 Å². The fraction of sp³-hybridized carbons (Fsp3) is 0.250. The van der Waals surface area contributed by atoms with Crippen LogP contribution in [0.5, 0.6) is 5.75 Å². The van der Waals surface area contributed by atoms with E-state index >= 15 is 0 Å². The van der Waals surface area contributed by atoms with Crippen molar-refractivity contribution in [2.75, 3.05) is 18.1 Å². The van der Waals surface area contributed by atoms with E-state index in [-0.39, 0.29) is 11.9 Å². The van der Waals surface area contributed by atoms with Crippen LogP contribution >= 0.6 is 11.8 Å². The van der Waals surface area contributed by atoms with E-state index in [1.54, 1.807) is 12.3 Å². The molecule has 1 aliphatic heterocycles. The third-order valence-electron chi connectivity index (χ3n) is 5.25. The average Bonchev–Trinajstić information content (AvgIpc) is 3.29. The molecule has 1 aromatic carbocycles. The van der Waals surface area contributed by atoms with Gasteiger partial charge in [0.1, 0.15) is 47.4 Å². The zero-order valence-corrected chi connectivity index (χ0v) is 16.6. The normalized spacial score (nSPS) is 23.9. The second-order valence-corrected chi connectivity index (χ2v) is 8.53. The van der Waals surface area contributed by atoms with Crippen LogP contribution in [0, 0.1) is 0 Å². The minimum atomic E-state index is -0.978. The topological polar surface area (TPSA) is 145 Å². The number of thioether (sulfide) groups is 1. The molecule has 0 saturated carbocycles. The Kier molecular flexibility index (Phi) is 4.61. The first-order valence-corrected chi connectivity index (χ1v) is 10.3. The molecule has 6 N–H and O–H groups in total. The molecule has 4 atom stereocenters. The van der Waals surface area contributed by atoms with Crippen LogP contribution in [0.3, 0.4) is 0 Å². The van der Waals surface area contributed by atoms with Gasteiger partial charge < -0.3 is 31.0 Å². The van der Waals surface area contributed by atoms with Gasteiger partial charge in [0.25, 0.3) is 0 Å². The number of nitrogens with zero attached hydrogens (tertiary/aromatic N) is 4. The Bertz CT molecular complexity index is 1230. The van der Waals surface area contributed by atoms with Crippen LogP contribution in [0.1, 0.15) is 5.37 Å². The standard InChI is InChI=1S/C20H20N6O3S/c21-15-4-2-10-1-3-11(7-13(10)25-15)29-8-14-16(27)17(28)20(30-14)26-6-5-12-18(22)23-9-24-19(12)26/h1-7,9,14,16-17,20,27-28H,8H2,(H2,21,25)(H2,22,23,24)/t14-,16+,17+,20+/m0/s1. The first-order chi connectivity index (χ1) is 14.5. The predicted molar refractivity (Wildman–Crippen MR) is 116 cm³/mol. The van der Waals surface area contributed by atoms with Gasteiger partial charge in [-0.25, -0.2) is 15.0 Å². The summed E-state index contributed by atoms with van der Waals surface area (Å²) in [5.41, 5.74) is 13.0. The number of aliphatic hydroxyl groups excluding tert-OH is 2. The first kappa shape index (κ1) is 18.9. The maximum Gasteiger partial charge on any atom is 0.146 e. The van der Waals surface area contributed by atoms with Crippen molar-refractivity contribution >= 4 is 45.3 Å². The monoisotopic (exact) mass is 424 g/mol. The van der Waals surface area contributed by atoms with Gasteiger partial charge in [0.2, 0.25) is 0 Å². The SMILES string of the molecule is Nc1ccc2ccc(OC[C@@H]3S[C@@H](n4ccc5c(N)ncnc54)[C@H](O)[C@@H]3O)cc2n1. The minimum absolute atomic E-state index is 0.226. The molecule has 1 aliphatic rings. The van der Waals surface area contributed by atoms with Crippen LogP contribution in [0.2, 0.25) is 0 Å². The van der Waals surface area contributed by atoms with E-state index in [9.17, 15) is 10.2 Å². The van der Waals surface area contributed by atoms with Crippen LogP contribution in [0.4, 0.5) is 11.6 Å². The lowest BCUT2D eigenvalue weighted by Crippen LogP contribution is -2.34. The summed E-state index contributed by atoms with van der Waals surface area (Å²) in [6, 6.07) is 11.0. The zero-order chi connectivity index (χ0) is 20.8. The van der Waals surface area contributed by atoms with Gasteiger partial charge in [-0.2, -0.15) is 0 Å². The largest absolute Gasteiger partial charge is 0.492 e. The van der Waals surface area contributed by atoms with Crippen molar-refractivity contribution in [2.24, 2.45) is 0 Å². The first-order valence-electron chi connectivity index (χ1n) is 9.39. The maximum atomic E-state index is 10.7. The number of aromatic nitrogens is 4. The van der Waals surface area contributed by atoms with Gasteiger partial charge in [-0.3, -0.25) is 0 Å². The number of benzene rings is 1. The quantitative estimate of drug-likeness (QED) is 0.383. The highest BCUT2D eigenvalue weighted by Crippen LogP contribution is 2.43. The van der Waals surface area contributed by atoms with Gasteiger partial charge in [0, 0.05) is 17.6 Å². The summed E-state index contributed by atoms with van der Waals surface area (Å²) in [6.45, 7) is 0.226. The highest BCUT2D eigenvalue weighted by Gasteiger charge is 2.44. The van der Waals surface area contributed by atoms with Crippen LogP contribution in [-0.4, -0.2) is 53.8 Å². The molecular formula is C20H20N6O3S. The molecule has 4 aromatic rings. The van der Waals surface area contributed by atoms with E-state index in [4.69, 9.17) is 16.2 Å². The Morgan fingerprint density at radius 2 is 1.90 bits per heavy atom. The van der Waals surface area contributed by atoms with Crippen molar-refractivity contribution in [3.8, 4) is 5.75 Å². The average molecular weight is 424 g/mol. The Balaban J connectivity index is 1.34. The molecule has 0 radical (unpaired) electrons. The molecule has 30 heavy (non-hydrogen) atoms. The summed E-state index contributed by atoms with van der Waals surface area (Å²) < 4.78 is 7.72. The van der Waals surface area contributed by atoms with Crippen molar-refractivity contribution < 1.29 is 14.9 Å². The van der Waals surface area contributed by atoms with Crippen LogP contribution in [-0.2, 0) is 0 Å². The zero-order valence-electron chi connectivity index (χ0n) is 15.8. The van der Waals surface area contributed by atoms with Crippen molar-refractivity contribution in [2.45, 2.75) is 22.8 Å². The van der Waals surface area contributed by atoms with E-state index in [2.05, 4.69) is 15.0 Å². The molecule has 0 aliphatic carbocycles. The Labute approximate surface area is 175 Å². The minimum Gasteiger partial charge on any atom is -0.492 e. The second-order valence-electron chi connectivity index (χ2n) is 7.17. The van der Waals surface area contributed by atoms with E-state index in [0.29, 0.717) is 28.4 Å². The smallest absolute Gasteiger partial charge is 0.146 e. The van der Waals surface area contributed by atoms with E-state index < -0.39 is 17.6 Å². The van der Waals surface area contributed by atoms with Crippen molar-refractivity contribution in [1.29, 1.82) is 0 Å². The summed E-state index contributed by atoms with van der Waals surface area (Å²) in [5, 5.41) is 22.2. The molecule has 0 unspecified atom stereocenters. The van der Waals surface area contributed by atoms with Crippen LogP contribution < -0.4 is 16.2 Å². The van der Waals surface area contributed by atoms with Gasteiger partial charge in [-0.15, -0.1) is 11.8 Å². The lowest BCUT2D eigenvalue weighted by atomic mass is 10.1. The lowest BCUT2D eigenvalue weighted by Gasteiger charge is -2.17. The maximum absolute atomic E-state index is 10.7. The molecular weight excluding hydrogens is 404 g/mol. The van der Waals surface area contributed by atoms with Crippen molar-refractivity contribution in [3.05, 3.63) is 48.9 Å². The van der Waals surface area contributed by atoms with Crippen molar-refractivity contribution in [3.63, 3.8) is 0 Å². The van der Waals surface area contributed by atoms with Crippen molar-refractivity contribution in [1.82, 2.24) is 19.5 Å². The number of pyridine rings is 1. The summed E-state index contributed by atoms with van der Waals surface area (Å²) in [6.07, 6.45) is 1.25. The van der Waals surface area contributed by atoms with Gasteiger partial charge in [-0.1, -0.05) is 0 Å². The van der Waals surface area contributed by atoms with Gasteiger partial charge in [-0.05, 0) is 30.3 Å². The summed E-state index contributed by atoms with van der Waals surface area (Å²) in [5.74, 6) is 1.44. The highest BCUT2D eigenvalue weighted by atomic mass is 32.2. The molecule has 1 saturated heterocycles. The number of anilines is 2. The number of nitrogens with two attached hydrogens (primary N) is 2. The van der Waals surface area contributed by atoms with E-state index in [0.717, 1.165) is 10.9 Å². The van der Waals surface area contributed by atoms with Gasteiger partial charge in [0.15, 0.2) is 0 Å². The molecule has 154 valence electrons. The molecule has 1 fully saturated rings. The number of hydrogen-bond donors (Lipinski definition) is 4. The Morgan fingerprint density at radius 1 is 1.07 bits per heavy atom. The number of hydrogen-bond acceptors (Lipinski definition) is 9. The van der Waals surface area contributed by atoms with Gasteiger partial charge in [0.05, 0.1) is 22.3 Å². The molecule has 10 heteroatoms. The molecule has 0 bridgehead atoms. The number of aliphatic hydroxyl groups is 2. The molecule has 5 rings (SSSR count). The van der Waals surface area contributed by atoms with E-state index in [1.165, 1.54) is 18.1 Å². The van der Waals surface area contributed by atoms with E-state index in [1.807, 2.05) is 34.9 Å². The number of rotatable bonds is 4. The lowest BCUT2D eigenvalue weighted by molar-refractivity contribution is 0.0128. The molecule has 0 amide bonds. The fourth-order valence-corrected chi connectivity index (χ4v) is 5.12. The Hall–Kier alpha value is -3.08. The molecule has 4 heterocycles. The fourth-order valence-electron chi connectivity index (χ4n) is 3.67. The third-order valence-corrected chi connectivity index (χ3v) is 6.80. The van der Waals surface area contributed by atoms with Gasteiger partial charge >= 0.3 is 0 Å². The number of nitrogen functional groups attached to an aromatic ring is 2. The summed E-state index contributed by atoms with van der Waals surface area (Å²) >= 11 is 1.43. The summed E-state index contributed by atoms with van der Waals surface area (Å²) in [4.78, 5) is 12.6.